The summed E-state index contributed by atoms with van der Waals surface area (Å²) < 4.78 is 0. The minimum Gasteiger partial charge on any atom is -0.346 e. The molecule has 0 spiro atoms. The number of carbonyl (C=O) groups excluding carboxylic acids is 2. The Kier molecular flexibility index (Phi) is 5.79. The van der Waals surface area contributed by atoms with Crippen molar-refractivity contribution in [1.82, 2.24) is 10.2 Å². The van der Waals surface area contributed by atoms with Crippen molar-refractivity contribution < 1.29 is 9.59 Å². The molecule has 0 unspecified atom stereocenters. The molecule has 1 aliphatic heterocycles. The molecule has 1 rings (SSSR count). The van der Waals surface area contributed by atoms with E-state index in [2.05, 4.69) is 19.2 Å². The molecular weight excluding hydrogens is 242 g/mol. The molecule has 0 radical (unpaired) electrons. The van der Waals surface area contributed by atoms with E-state index >= 15 is 0 Å². The fourth-order valence-corrected chi connectivity index (χ4v) is 2.59. The first-order valence-corrected chi connectivity index (χ1v) is 7.19. The summed E-state index contributed by atoms with van der Waals surface area (Å²) in [5.74, 6) is -0.187. The zero-order valence-electron chi connectivity index (χ0n) is 12.5. The van der Waals surface area contributed by atoms with Gasteiger partial charge in [-0.3, -0.25) is 9.59 Å². The summed E-state index contributed by atoms with van der Waals surface area (Å²) >= 11 is 0. The average Bonchev–Trinajstić information content (AvgIpc) is 2.34. The van der Waals surface area contributed by atoms with Gasteiger partial charge in [0.25, 0.3) is 0 Å². The first-order valence-electron chi connectivity index (χ1n) is 7.19. The lowest BCUT2D eigenvalue weighted by Gasteiger charge is -2.39. The van der Waals surface area contributed by atoms with E-state index in [-0.39, 0.29) is 36.4 Å². The van der Waals surface area contributed by atoms with Gasteiger partial charge in [-0.05, 0) is 39.0 Å². The highest BCUT2D eigenvalue weighted by Crippen LogP contribution is 2.22. The summed E-state index contributed by atoms with van der Waals surface area (Å²) in [4.78, 5) is 25.8. The molecule has 1 heterocycles. The number of nitrogens with two attached hydrogens (primary N) is 1. The van der Waals surface area contributed by atoms with Crippen LogP contribution in [-0.2, 0) is 9.59 Å². The number of carbonyl (C=O) groups is 2. The minimum atomic E-state index is -0.552. The van der Waals surface area contributed by atoms with Crippen LogP contribution in [0.1, 0.15) is 47.0 Å². The van der Waals surface area contributed by atoms with E-state index in [0.717, 1.165) is 19.3 Å². The van der Waals surface area contributed by atoms with Crippen LogP contribution < -0.4 is 11.1 Å². The third-order valence-electron chi connectivity index (χ3n) is 3.92. The molecule has 0 aliphatic carbocycles. The third kappa shape index (κ3) is 4.20. The lowest BCUT2D eigenvalue weighted by atomic mass is 9.97. The zero-order valence-corrected chi connectivity index (χ0v) is 12.5. The van der Waals surface area contributed by atoms with Crippen molar-refractivity contribution in [3.63, 3.8) is 0 Å². The van der Waals surface area contributed by atoms with Gasteiger partial charge in [0.15, 0.2) is 0 Å². The molecule has 1 saturated heterocycles. The van der Waals surface area contributed by atoms with E-state index < -0.39 is 6.04 Å². The second-order valence-electron chi connectivity index (χ2n) is 5.92. The Balaban J connectivity index is 2.48. The normalized spacial score (nSPS) is 25.3. The number of hydrogen-bond donors (Lipinski definition) is 2. The van der Waals surface area contributed by atoms with Crippen molar-refractivity contribution in [3.05, 3.63) is 0 Å². The predicted molar refractivity (Wildman–Crippen MR) is 75.4 cm³/mol. The first kappa shape index (κ1) is 16.0. The second-order valence-corrected chi connectivity index (χ2v) is 5.92. The summed E-state index contributed by atoms with van der Waals surface area (Å²) in [7, 11) is 0. The first-order chi connectivity index (χ1) is 8.84. The molecule has 0 saturated carbocycles. The van der Waals surface area contributed by atoms with Gasteiger partial charge in [0.1, 0.15) is 0 Å². The number of rotatable bonds is 4. The molecule has 19 heavy (non-hydrogen) atoms. The average molecular weight is 269 g/mol. The number of piperidine rings is 1. The Hall–Kier alpha value is -1.10. The lowest BCUT2D eigenvalue weighted by Crippen LogP contribution is -2.53. The molecule has 0 aromatic rings. The van der Waals surface area contributed by atoms with E-state index in [1.54, 1.807) is 0 Å². The summed E-state index contributed by atoms with van der Waals surface area (Å²) in [5, 5.41) is 2.65. The predicted octanol–water partition coefficient (Wildman–Crippen LogP) is 0.875. The van der Waals surface area contributed by atoms with Crippen molar-refractivity contribution in [2.45, 2.75) is 65.1 Å². The van der Waals surface area contributed by atoms with Gasteiger partial charge in [0.05, 0.1) is 12.6 Å². The Bertz CT molecular complexity index is 321. The van der Waals surface area contributed by atoms with Crippen LogP contribution in [-0.4, -0.2) is 41.4 Å². The maximum absolute atomic E-state index is 12.2. The van der Waals surface area contributed by atoms with Gasteiger partial charge in [0, 0.05) is 12.1 Å². The molecule has 5 heteroatoms. The van der Waals surface area contributed by atoms with Crippen molar-refractivity contribution in [2.75, 3.05) is 6.54 Å². The van der Waals surface area contributed by atoms with E-state index in [4.69, 9.17) is 5.73 Å². The summed E-state index contributed by atoms with van der Waals surface area (Å²) in [6.45, 7) is 7.96. The molecule has 0 aromatic heterocycles. The maximum atomic E-state index is 12.2. The molecular formula is C14H27N3O2. The molecule has 3 N–H and O–H groups in total. The van der Waals surface area contributed by atoms with Gasteiger partial charge in [0.2, 0.25) is 11.8 Å². The van der Waals surface area contributed by atoms with Crippen molar-refractivity contribution >= 4 is 11.8 Å². The zero-order chi connectivity index (χ0) is 14.6. The highest BCUT2D eigenvalue weighted by molar-refractivity contribution is 5.87. The largest absolute Gasteiger partial charge is 0.346 e. The third-order valence-corrected chi connectivity index (χ3v) is 3.92. The van der Waals surface area contributed by atoms with Crippen molar-refractivity contribution in [3.8, 4) is 0 Å². The number of nitrogens with one attached hydrogen (secondary N) is 1. The second kappa shape index (κ2) is 6.89. The van der Waals surface area contributed by atoms with Gasteiger partial charge in [-0.25, -0.2) is 0 Å². The van der Waals surface area contributed by atoms with E-state index in [9.17, 15) is 9.59 Å². The monoisotopic (exact) mass is 269 g/mol. The number of amides is 2. The van der Waals surface area contributed by atoms with Crippen molar-refractivity contribution in [1.29, 1.82) is 0 Å². The van der Waals surface area contributed by atoms with Gasteiger partial charge in [-0.15, -0.1) is 0 Å². The molecule has 3 atom stereocenters. The fraction of sp³-hybridized carbons (Fsp3) is 0.857. The summed E-state index contributed by atoms with van der Waals surface area (Å²) in [6, 6.07) is -0.0390. The number of likely N-dealkylation sites (tertiary alicyclic amines) is 1. The van der Waals surface area contributed by atoms with Gasteiger partial charge in [-0.1, -0.05) is 13.8 Å². The molecule has 2 amide bonds. The molecule has 0 bridgehead atoms. The summed E-state index contributed by atoms with van der Waals surface area (Å²) in [6.07, 6.45) is 3.24. The van der Waals surface area contributed by atoms with Crippen LogP contribution in [0.3, 0.4) is 0 Å². The quantitative estimate of drug-likeness (QED) is 0.795. The van der Waals surface area contributed by atoms with Crippen LogP contribution in [0.25, 0.3) is 0 Å². The van der Waals surface area contributed by atoms with E-state index in [1.165, 1.54) is 0 Å². The van der Waals surface area contributed by atoms with Gasteiger partial charge >= 0.3 is 0 Å². The number of nitrogens with zero attached hydrogens (tertiary/aromatic N) is 1. The van der Waals surface area contributed by atoms with Crippen LogP contribution in [0.15, 0.2) is 0 Å². The Morgan fingerprint density at radius 3 is 2.26 bits per heavy atom. The Labute approximate surface area is 115 Å². The fourth-order valence-electron chi connectivity index (χ4n) is 2.59. The number of hydrogen-bond acceptors (Lipinski definition) is 3. The van der Waals surface area contributed by atoms with E-state index in [1.807, 2.05) is 18.7 Å². The SMILES string of the molecule is CC(C)[C@H](N)C(=O)NCC(=O)N1[C@H](C)CCC[C@@H]1C. The van der Waals surface area contributed by atoms with Crippen molar-refractivity contribution in [2.24, 2.45) is 11.7 Å². The minimum absolute atomic E-state index is 0.0102. The molecule has 5 nitrogen and oxygen atoms in total. The van der Waals surface area contributed by atoms with Gasteiger partial charge in [-0.2, -0.15) is 0 Å². The highest BCUT2D eigenvalue weighted by atomic mass is 16.2. The van der Waals surface area contributed by atoms with Crippen LogP contribution in [0.4, 0.5) is 0 Å². The molecule has 1 fully saturated rings. The Morgan fingerprint density at radius 1 is 1.26 bits per heavy atom. The maximum Gasteiger partial charge on any atom is 0.242 e. The smallest absolute Gasteiger partial charge is 0.242 e. The van der Waals surface area contributed by atoms with Crippen LogP contribution in [0.2, 0.25) is 0 Å². The van der Waals surface area contributed by atoms with Crippen LogP contribution in [0.5, 0.6) is 0 Å². The Morgan fingerprint density at radius 2 is 1.79 bits per heavy atom. The standard InChI is InChI=1S/C14H27N3O2/c1-9(2)13(15)14(19)16-8-12(18)17-10(3)6-5-7-11(17)4/h9-11,13H,5-8,15H2,1-4H3,(H,16,19)/t10-,11+,13-/m0/s1. The van der Waals surface area contributed by atoms with Gasteiger partial charge < -0.3 is 16.0 Å². The molecule has 0 aromatic carbocycles. The highest BCUT2D eigenvalue weighted by Gasteiger charge is 2.29. The van der Waals surface area contributed by atoms with E-state index in [0.29, 0.717) is 0 Å². The molecule has 1 aliphatic rings. The molecule has 110 valence electrons. The topological polar surface area (TPSA) is 75.4 Å². The lowest BCUT2D eigenvalue weighted by molar-refractivity contribution is -0.138. The summed E-state index contributed by atoms with van der Waals surface area (Å²) in [5.41, 5.74) is 5.74. The van der Waals surface area contributed by atoms with Crippen LogP contribution in [0, 0.1) is 5.92 Å². The van der Waals surface area contributed by atoms with Crippen LogP contribution >= 0.6 is 0 Å².